The standard InChI is InChI=1S/C15H16F2N6O2S/c1-21(8-9-6-7-12(18)25-9)13-10(23-15(24)22(2)19-20-23)4-3-5-11(13)26-14(16)17/h3-7,14H,8,18H2,1-2H3. The number of benzene rings is 1. The van der Waals surface area contributed by atoms with E-state index in [2.05, 4.69) is 10.4 Å². The highest BCUT2D eigenvalue weighted by Gasteiger charge is 2.21. The molecule has 26 heavy (non-hydrogen) atoms. The molecule has 8 nitrogen and oxygen atoms in total. The van der Waals surface area contributed by atoms with Crippen LogP contribution in [0.3, 0.4) is 0 Å². The van der Waals surface area contributed by atoms with Gasteiger partial charge in [0, 0.05) is 25.1 Å². The number of hydrogen-bond acceptors (Lipinski definition) is 7. The fraction of sp³-hybridized carbons (Fsp3) is 0.267. The summed E-state index contributed by atoms with van der Waals surface area (Å²) in [6, 6.07) is 8.07. The van der Waals surface area contributed by atoms with Gasteiger partial charge in [-0.05, 0) is 28.6 Å². The van der Waals surface area contributed by atoms with Gasteiger partial charge < -0.3 is 15.1 Å². The maximum absolute atomic E-state index is 13.0. The fourth-order valence-electron chi connectivity index (χ4n) is 2.51. The average Bonchev–Trinajstić information content (AvgIpc) is 3.13. The Morgan fingerprint density at radius 2 is 2.08 bits per heavy atom. The molecule has 0 atom stereocenters. The zero-order valence-electron chi connectivity index (χ0n) is 14.0. The van der Waals surface area contributed by atoms with Crippen LogP contribution in [0.15, 0.2) is 44.4 Å². The number of nitrogen functional groups attached to an aromatic ring is 1. The van der Waals surface area contributed by atoms with Crippen LogP contribution in [0, 0.1) is 0 Å². The number of thioether (sulfide) groups is 1. The molecule has 0 saturated heterocycles. The quantitative estimate of drug-likeness (QED) is 0.652. The summed E-state index contributed by atoms with van der Waals surface area (Å²) in [5, 5.41) is 7.49. The number of hydrogen-bond donors (Lipinski definition) is 1. The highest BCUT2D eigenvalue weighted by molar-refractivity contribution is 7.99. The lowest BCUT2D eigenvalue weighted by Crippen LogP contribution is -2.25. The molecule has 0 fully saturated rings. The van der Waals surface area contributed by atoms with Crippen LogP contribution >= 0.6 is 11.8 Å². The minimum atomic E-state index is -2.62. The third kappa shape index (κ3) is 3.57. The number of rotatable bonds is 6. The molecule has 138 valence electrons. The number of anilines is 2. The van der Waals surface area contributed by atoms with Gasteiger partial charge in [0.05, 0.1) is 17.9 Å². The molecular weight excluding hydrogens is 366 g/mol. The molecule has 2 N–H and O–H groups in total. The zero-order chi connectivity index (χ0) is 18.8. The van der Waals surface area contributed by atoms with E-state index in [0.29, 0.717) is 33.8 Å². The predicted octanol–water partition coefficient (Wildman–Crippen LogP) is 2.09. The summed E-state index contributed by atoms with van der Waals surface area (Å²) in [7, 11) is 3.16. The van der Waals surface area contributed by atoms with Crippen molar-refractivity contribution in [3.05, 3.63) is 46.6 Å². The smallest absolute Gasteiger partial charge is 0.368 e. The fourth-order valence-corrected chi connectivity index (χ4v) is 3.23. The van der Waals surface area contributed by atoms with E-state index in [0.717, 1.165) is 9.36 Å². The second kappa shape index (κ2) is 7.20. The van der Waals surface area contributed by atoms with Gasteiger partial charge in [-0.15, -0.1) is 0 Å². The van der Waals surface area contributed by atoms with Crippen LogP contribution < -0.4 is 16.3 Å². The van der Waals surface area contributed by atoms with Crippen LogP contribution in [0.25, 0.3) is 5.69 Å². The summed E-state index contributed by atoms with van der Waals surface area (Å²) in [5.41, 5.74) is 5.85. The van der Waals surface area contributed by atoms with Gasteiger partial charge in [-0.25, -0.2) is 4.79 Å². The topological polar surface area (TPSA) is 95.1 Å². The Kier molecular flexibility index (Phi) is 4.98. The molecule has 0 aliphatic carbocycles. The molecule has 0 bridgehead atoms. The summed E-state index contributed by atoms with van der Waals surface area (Å²) in [6.07, 6.45) is 0. The van der Waals surface area contributed by atoms with Crippen molar-refractivity contribution >= 4 is 23.3 Å². The molecular formula is C15H16F2N6O2S. The third-order valence-electron chi connectivity index (χ3n) is 3.60. The first kappa shape index (κ1) is 18.0. The van der Waals surface area contributed by atoms with Gasteiger partial charge in [-0.2, -0.15) is 18.1 Å². The van der Waals surface area contributed by atoms with Crippen molar-refractivity contribution in [3.8, 4) is 5.69 Å². The molecule has 2 heterocycles. The highest BCUT2D eigenvalue weighted by Crippen LogP contribution is 2.38. The number of nitrogens with two attached hydrogens (primary N) is 1. The number of halogens is 2. The lowest BCUT2D eigenvalue weighted by molar-refractivity contribution is 0.252. The van der Waals surface area contributed by atoms with Crippen molar-refractivity contribution in [3.63, 3.8) is 0 Å². The van der Waals surface area contributed by atoms with Crippen LogP contribution in [-0.2, 0) is 13.6 Å². The van der Waals surface area contributed by atoms with Crippen molar-refractivity contribution < 1.29 is 13.2 Å². The van der Waals surface area contributed by atoms with Gasteiger partial charge in [0.1, 0.15) is 5.76 Å². The average molecular weight is 382 g/mol. The Morgan fingerprint density at radius 3 is 2.65 bits per heavy atom. The zero-order valence-corrected chi connectivity index (χ0v) is 14.8. The molecule has 0 spiro atoms. The first-order valence-corrected chi connectivity index (χ1v) is 8.37. The van der Waals surface area contributed by atoms with E-state index in [1.165, 1.54) is 7.05 Å². The SMILES string of the molecule is CN(Cc1ccc(N)o1)c1c(SC(F)F)cccc1-n1nnn(C)c1=O. The maximum Gasteiger partial charge on any atom is 0.368 e. The molecule has 1 aromatic carbocycles. The van der Waals surface area contributed by atoms with E-state index in [9.17, 15) is 13.6 Å². The number of aromatic nitrogens is 4. The highest BCUT2D eigenvalue weighted by atomic mass is 32.2. The summed E-state index contributed by atoms with van der Waals surface area (Å²) in [5.74, 6) is -1.80. The van der Waals surface area contributed by atoms with E-state index in [-0.39, 0.29) is 12.4 Å². The molecule has 3 rings (SSSR count). The molecule has 0 unspecified atom stereocenters. The van der Waals surface area contributed by atoms with E-state index >= 15 is 0 Å². The Labute approximate surface area is 151 Å². The molecule has 0 aliphatic heterocycles. The van der Waals surface area contributed by atoms with Crippen molar-refractivity contribution in [2.75, 3.05) is 17.7 Å². The van der Waals surface area contributed by atoms with Gasteiger partial charge in [0.15, 0.2) is 5.88 Å². The van der Waals surface area contributed by atoms with Crippen LogP contribution in [0.2, 0.25) is 0 Å². The number of aryl methyl sites for hydroxylation is 1. The molecule has 0 radical (unpaired) electrons. The Morgan fingerprint density at radius 1 is 1.31 bits per heavy atom. The van der Waals surface area contributed by atoms with Crippen LogP contribution in [0.5, 0.6) is 0 Å². The van der Waals surface area contributed by atoms with Crippen molar-refractivity contribution in [1.29, 1.82) is 0 Å². The Hall–Kier alpha value is -2.82. The minimum Gasteiger partial charge on any atom is -0.444 e. The second-order valence-corrected chi connectivity index (χ2v) is 6.49. The molecule has 2 aromatic heterocycles. The molecule has 3 aromatic rings. The van der Waals surface area contributed by atoms with Crippen molar-refractivity contribution in [1.82, 2.24) is 19.8 Å². The van der Waals surface area contributed by atoms with Crippen LogP contribution in [0.1, 0.15) is 5.76 Å². The van der Waals surface area contributed by atoms with E-state index < -0.39 is 11.4 Å². The lowest BCUT2D eigenvalue weighted by atomic mass is 10.2. The molecule has 0 saturated carbocycles. The van der Waals surface area contributed by atoms with E-state index in [1.54, 1.807) is 42.3 Å². The number of nitrogens with zero attached hydrogens (tertiary/aromatic N) is 5. The maximum atomic E-state index is 13.0. The van der Waals surface area contributed by atoms with E-state index in [4.69, 9.17) is 10.2 Å². The Bertz CT molecular complexity index is 967. The first-order chi connectivity index (χ1) is 12.4. The van der Waals surface area contributed by atoms with Gasteiger partial charge in [0.2, 0.25) is 0 Å². The summed E-state index contributed by atoms with van der Waals surface area (Å²) >= 11 is 0.390. The monoisotopic (exact) mass is 382 g/mol. The van der Waals surface area contributed by atoms with Crippen LogP contribution in [0.4, 0.5) is 20.4 Å². The van der Waals surface area contributed by atoms with Crippen molar-refractivity contribution in [2.45, 2.75) is 17.2 Å². The summed E-state index contributed by atoms with van der Waals surface area (Å²) < 4.78 is 33.5. The first-order valence-electron chi connectivity index (χ1n) is 7.49. The largest absolute Gasteiger partial charge is 0.444 e. The number of furan rings is 1. The van der Waals surface area contributed by atoms with Crippen molar-refractivity contribution in [2.24, 2.45) is 7.05 Å². The minimum absolute atomic E-state index is 0.258. The predicted molar refractivity (Wildman–Crippen MR) is 93.7 cm³/mol. The number of tetrazole rings is 1. The summed E-state index contributed by atoms with van der Waals surface area (Å²) in [4.78, 5) is 14.2. The van der Waals surface area contributed by atoms with Gasteiger partial charge in [0.25, 0.3) is 5.76 Å². The summed E-state index contributed by atoms with van der Waals surface area (Å²) in [6.45, 7) is 0.264. The number of para-hydroxylation sites is 1. The second-order valence-electron chi connectivity index (χ2n) is 5.46. The number of alkyl halides is 2. The normalized spacial score (nSPS) is 11.3. The molecule has 0 aliphatic rings. The van der Waals surface area contributed by atoms with Gasteiger partial charge in [-0.1, -0.05) is 17.8 Å². The Balaban J connectivity index is 2.09. The molecule has 0 amide bonds. The van der Waals surface area contributed by atoms with Crippen LogP contribution in [-0.4, -0.2) is 32.6 Å². The van der Waals surface area contributed by atoms with Gasteiger partial charge >= 0.3 is 5.69 Å². The van der Waals surface area contributed by atoms with Gasteiger partial charge in [-0.3, -0.25) is 0 Å². The molecule has 11 heteroatoms. The van der Waals surface area contributed by atoms with E-state index in [1.807, 2.05) is 0 Å². The lowest BCUT2D eigenvalue weighted by Gasteiger charge is -2.23. The third-order valence-corrected chi connectivity index (χ3v) is 4.36.